The molecule has 6 heteroatoms. The van der Waals surface area contributed by atoms with E-state index in [1.165, 1.54) is 4.31 Å². The second kappa shape index (κ2) is 7.97. The van der Waals surface area contributed by atoms with Crippen LogP contribution in [0.3, 0.4) is 0 Å². The number of rotatable bonds is 7. The maximum Gasteiger partial charge on any atom is 0.243 e. The van der Waals surface area contributed by atoms with Crippen molar-refractivity contribution in [1.29, 1.82) is 0 Å². The predicted molar refractivity (Wildman–Crippen MR) is 99.6 cm³/mol. The van der Waals surface area contributed by atoms with Crippen molar-refractivity contribution in [2.24, 2.45) is 0 Å². The van der Waals surface area contributed by atoms with Crippen molar-refractivity contribution in [2.45, 2.75) is 39.0 Å². The van der Waals surface area contributed by atoms with E-state index in [0.717, 1.165) is 16.8 Å². The molecule has 25 heavy (non-hydrogen) atoms. The molecule has 0 bridgehead atoms. The number of likely N-dealkylation sites (N-methyl/N-ethyl adjacent to an activating group) is 1. The van der Waals surface area contributed by atoms with E-state index in [2.05, 4.69) is 4.98 Å². The van der Waals surface area contributed by atoms with Crippen LogP contribution in [0.2, 0.25) is 0 Å². The van der Waals surface area contributed by atoms with Gasteiger partial charge in [-0.15, -0.1) is 0 Å². The van der Waals surface area contributed by atoms with Gasteiger partial charge in [-0.25, -0.2) is 8.42 Å². The molecule has 0 unspecified atom stereocenters. The Balaban J connectivity index is 2.37. The molecule has 0 radical (unpaired) electrons. The van der Waals surface area contributed by atoms with E-state index in [1.807, 2.05) is 45.9 Å². The molecule has 0 spiro atoms. The van der Waals surface area contributed by atoms with Crippen LogP contribution in [0.5, 0.6) is 5.75 Å². The van der Waals surface area contributed by atoms with Gasteiger partial charge >= 0.3 is 0 Å². The molecule has 0 amide bonds. The van der Waals surface area contributed by atoms with Crippen molar-refractivity contribution < 1.29 is 13.2 Å². The summed E-state index contributed by atoms with van der Waals surface area (Å²) in [5.41, 5.74) is 3.19. The van der Waals surface area contributed by atoms with Gasteiger partial charge in [-0.2, -0.15) is 4.31 Å². The number of pyridine rings is 1. The molecular weight excluding hydrogens is 336 g/mol. The number of hydrogen-bond acceptors (Lipinski definition) is 4. The summed E-state index contributed by atoms with van der Waals surface area (Å²) >= 11 is 0. The Bertz CT molecular complexity index is 833. The highest BCUT2D eigenvalue weighted by molar-refractivity contribution is 7.89. The third-order valence-corrected chi connectivity index (χ3v) is 6.76. The average molecular weight is 362 g/mol. The third kappa shape index (κ3) is 4.02. The summed E-state index contributed by atoms with van der Waals surface area (Å²) in [4.78, 5) is 4.66. The highest BCUT2D eigenvalue weighted by Gasteiger charge is 2.28. The molecule has 136 valence electrons. The van der Waals surface area contributed by atoms with Crippen molar-refractivity contribution in [3.63, 3.8) is 0 Å². The van der Waals surface area contributed by atoms with Gasteiger partial charge in [0, 0.05) is 31.4 Å². The van der Waals surface area contributed by atoms with Gasteiger partial charge in [0.1, 0.15) is 5.75 Å². The minimum Gasteiger partial charge on any atom is -0.496 e. The summed E-state index contributed by atoms with van der Waals surface area (Å²) < 4.78 is 33.4. The Morgan fingerprint density at radius 2 is 1.88 bits per heavy atom. The molecule has 0 atom stereocenters. The lowest BCUT2D eigenvalue weighted by Gasteiger charge is -2.24. The van der Waals surface area contributed by atoms with Gasteiger partial charge in [-0.05, 0) is 55.7 Å². The van der Waals surface area contributed by atoms with Crippen LogP contribution < -0.4 is 4.74 Å². The highest BCUT2D eigenvalue weighted by atomic mass is 32.2. The van der Waals surface area contributed by atoms with Gasteiger partial charge in [0.15, 0.2) is 0 Å². The van der Waals surface area contributed by atoms with Crippen LogP contribution in [0.15, 0.2) is 35.4 Å². The van der Waals surface area contributed by atoms with E-state index < -0.39 is 10.0 Å². The quantitative estimate of drug-likeness (QED) is 0.758. The topological polar surface area (TPSA) is 59.5 Å². The normalized spacial score (nSPS) is 11.8. The molecule has 1 aromatic heterocycles. The van der Waals surface area contributed by atoms with E-state index in [1.54, 1.807) is 19.4 Å². The maximum absolute atomic E-state index is 13.2. The van der Waals surface area contributed by atoms with E-state index in [4.69, 9.17) is 4.74 Å². The van der Waals surface area contributed by atoms with Gasteiger partial charge in [0.2, 0.25) is 10.0 Å². The van der Waals surface area contributed by atoms with Crippen molar-refractivity contribution in [3.05, 3.63) is 52.8 Å². The maximum atomic E-state index is 13.2. The molecule has 5 nitrogen and oxygen atoms in total. The van der Waals surface area contributed by atoms with Gasteiger partial charge in [0.25, 0.3) is 0 Å². The molecular formula is C19H26N2O3S. The molecule has 2 rings (SSSR count). The summed E-state index contributed by atoms with van der Waals surface area (Å²) in [6.45, 7) is 8.21. The Morgan fingerprint density at radius 1 is 1.16 bits per heavy atom. The number of benzene rings is 1. The van der Waals surface area contributed by atoms with Crippen LogP contribution in [0.4, 0.5) is 0 Å². The monoisotopic (exact) mass is 362 g/mol. The molecule has 0 saturated heterocycles. The number of hydrogen-bond donors (Lipinski definition) is 0. The number of nitrogens with zero attached hydrogens (tertiary/aromatic N) is 2. The number of methoxy groups -OCH3 is 1. The first-order chi connectivity index (χ1) is 11.8. The SMILES string of the molecule is CCN(CCc1ccccn1)S(=O)(=O)c1c(C)cc(OC)c(C)c1C. The summed E-state index contributed by atoms with van der Waals surface area (Å²) in [6.07, 6.45) is 2.31. The first-order valence-electron chi connectivity index (χ1n) is 8.37. The fraction of sp³-hybridized carbons (Fsp3) is 0.421. The lowest BCUT2D eigenvalue weighted by Crippen LogP contribution is -2.34. The van der Waals surface area contributed by atoms with Crippen molar-refractivity contribution in [1.82, 2.24) is 9.29 Å². The molecule has 0 N–H and O–H groups in total. The minimum atomic E-state index is -3.58. The fourth-order valence-corrected chi connectivity index (χ4v) is 4.93. The largest absolute Gasteiger partial charge is 0.496 e. The first-order valence-corrected chi connectivity index (χ1v) is 9.81. The Kier molecular flexibility index (Phi) is 6.19. The molecule has 0 aliphatic heterocycles. The van der Waals surface area contributed by atoms with Crippen LogP contribution in [0.25, 0.3) is 0 Å². The van der Waals surface area contributed by atoms with Gasteiger partial charge in [-0.3, -0.25) is 4.98 Å². The lowest BCUT2D eigenvalue weighted by molar-refractivity contribution is 0.409. The Labute approximate surface area is 150 Å². The van der Waals surface area contributed by atoms with Crippen LogP contribution in [-0.2, 0) is 16.4 Å². The number of aryl methyl sites for hydroxylation is 1. The van der Waals surface area contributed by atoms with Crippen molar-refractivity contribution >= 4 is 10.0 Å². The average Bonchev–Trinajstić information content (AvgIpc) is 2.59. The van der Waals surface area contributed by atoms with Crippen molar-refractivity contribution in [3.8, 4) is 5.75 Å². The number of ether oxygens (including phenoxy) is 1. The van der Waals surface area contributed by atoms with Gasteiger partial charge in [-0.1, -0.05) is 13.0 Å². The smallest absolute Gasteiger partial charge is 0.243 e. The molecule has 1 heterocycles. The zero-order chi connectivity index (χ0) is 18.6. The molecule has 0 aliphatic carbocycles. The fourth-order valence-electron chi connectivity index (χ4n) is 2.99. The van der Waals surface area contributed by atoms with E-state index in [9.17, 15) is 8.42 Å². The Hall–Kier alpha value is -1.92. The standard InChI is InChI=1S/C19H26N2O3S/c1-6-21(12-10-17-9-7-8-11-20-17)25(22,23)19-14(2)13-18(24-5)15(3)16(19)4/h7-9,11,13H,6,10,12H2,1-5H3. The minimum absolute atomic E-state index is 0.383. The zero-order valence-corrected chi connectivity index (χ0v) is 16.4. The zero-order valence-electron chi connectivity index (χ0n) is 15.5. The van der Waals surface area contributed by atoms with Gasteiger partial charge < -0.3 is 4.74 Å². The lowest BCUT2D eigenvalue weighted by atomic mass is 10.1. The first kappa shape index (κ1) is 19.4. The van der Waals surface area contributed by atoms with Crippen molar-refractivity contribution in [2.75, 3.05) is 20.2 Å². The second-order valence-electron chi connectivity index (χ2n) is 6.04. The molecule has 0 fully saturated rings. The summed E-state index contributed by atoms with van der Waals surface area (Å²) in [7, 11) is -1.98. The Morgan fingerprint density at radius 3 is 2.44 bits per heavy atom. The number of aromatic nitrogens is 1. The van der Waals surface area contributed by atoms with Crippen LogP contribution >= 0.6 is 0 Å². The second-order valence-corrected chi connectivity index (χ2v) is 7.92. The summed E-state index contributed by atoms with van der Waals surface area (Å²) in [6, 6.07) is 7.47. The van der Waals surface area contributed by atoms with E-state index >= 15 is 0 Å². The third-order valence-electron chi connectivity index (χ3n) is 4.49. The molecule has 1 aromatic carbocycles. The predicted octanol–water partition coefficient (Wildman–Crippen LogP) is 3.27. The molecule has 2 aromatic rings. The molecule has 0 saturated carbocycles. The summed E-state index contributed by atoms with van der Waals surface area (Å²) in [5.74, 6) is 0.713. The molecule has 0 aliphatic rings. The van der Waals surface area contributed by atoms with E-state index in [-0.39, 0.29) is 0 Å². The van der Waals surface area contributed by atoms with Crippen LogP contribution in [0.1, 0.15) is 29.3 Å². The summed E-state index contributed by atoms with van der Waals surface area (Å²) in [5, 5.41) is 0. The highest BCUT2D eigenvalue weighted by Crippen LogP contribution is 2.32. The number of sulfonamides is 1. The van der Waals surface area contributed by atoms with Gasteiger partial charge in [0.05, 0.1) is 12.0 Å². The van der Waals surface area contributed by atoms with Crippen LogP contribution in [0, 0.1) is 20.8 Å². The van der Waals surface area contributed by atoms with Crippen LogP contribution in [-0.4, -0.2) is 37.9 Å². The van der Waals surface area contributed by atoms with E-state index in [0.29, 0.717) is 35.7 Å².